The number of nitrogens with two attached hydrogens (primary N) is 1. The van der Waals surface area contributed by atoms with Gasteiger partial charge in [0.25, 0.3) is 0 Å². The van der Waals surface area contributed by atoms with Crippen molar-refractivity contribution in [2.75, 3.05) is 19.6 Å². The molecule has 1 saturated heterocycles. The number of carbonyl (C=O) groups is 1. The summed E-state index contributed by atoms with van der Waals surface area (Å²) in [5.74, 6) is -0.663. The van der Waals surface area contributed by atoms with E-state index in [-0.39, 0.29) is 18.0 Å². The Morgan fingerprint density at radius 3 is 2.94 bits per heavy atom. The molecular formula is C8H13N5O3S. The number of aromatic amines is 1. The fraction of sp³-hybridized carbons (Fsp3) is 0.500. The zero-order chi connectivity index (χ0) is 12.5. The number of hydrogen-bond donors (Lipinski definition) is 3. The average molecular weight is 259 g/mol. The number of primary amides is 1. The van der Waals surface area contributed by atoms with Crippen molar-refractivity contribution in [3.63, 3.8) is 0 Å². The number of H-pyrrole nitrogens is 1. The Bertz CT molecular complexity index is 497. The second-order valence-corrected chi connectivity index (χ2v) is 5.56. The van der Waals surface area contributed by atoms with Crippen molar-refractivity contribution in [2.45, 2.75) is 10.9 Å². The molecule has 2 rings (SSSR count). The van der Waals surface area contributed by atoms with Crippen molar-refractivity contribution < 1.29 is 13.2 Å². The molecule has 0 saturated carbocycles. The van der Waals surface area contributed by atoms with E-state index in [9.17, 15) is 13.2 Å². The van der Waals surface area contributed by atoms with Gasteiger partial charge in [-0.2, -0.15) is 9.40 Å². The molecule has 0 aromatic carbocycles. The van der Waals surface area contributed by atoms with Crippen molar-refractivity contribution in [3.8, 4) is 0 Å². The smallest absolute Gasteiger partial charge is 0.247 e. The molecule has 1 fully saturated rings. The first-order valence-corrected chi connectivity index (χ1v) is 6.48. The summed E-state index contributed by atoms with van der Waals surface area (Å²) >= 11 is 0. The van der Waals surface area contributed by atoms with E-state index >= 15 is 0 Å². The zero-order valence-corrected chi connectivity index (χ0v) is 9.77. The number of nitrogens with one attached hydrogen (secondary N) is 2. The van der Waals surface area contributed by atoms with Crippen LogP contribution in [0.5, 0.6) is 0 Å². The van der Waals surface area contributed by atoms with E-state index in [0.29, 0.717) is 6.54 Å². The van der Waals surface area contributed by atoms with Crippen LogP contribution in [-0.4, -0.2) is 54.5 Å². The molecule has 17 heavy (non-hydrogen) atoms. The number of amides is 1. The van der Waals surface area contributed by atoms with Crippen molar-refractivity contribution in [1.29, 1.82) is 0 Å². The van der Waals surface area contributed by atoms with Gasteiger partial charge in [-0.15, -0.1) is 0 Å². The quantitative estimate of drug-likeness (QED) is 0.572. The van der Waals surface area contributed by atoms with Gasteiger partial charge in [-0.1, -0.05) is 0 Å². The topological polar surface area (TPSA) is 121 Å². The Labute approximate surface area is 98.2 Å². The Hall–Kier alpha value is -1.45. The molecule has 1 aliphatic heterocycles. The lowest BCUT2D eigenvalue weighted by atomic mass is 10.2. The van der Waals surface area contributed by atoms with Crippen LogP contribution in [0.15, 0.2) is 17.3 Å². The molecule has 1 unspecified atom stereocenters. The summed E-state index contributed by atoms with van der Waals surface area (Å²) in [5.41, 5.74) is 5.20. The second kappa shape index (κ2) is 4.43. The highest BCUT2D eigenvalue weighted by Gasteiger charge is 2.36. The van der Waals surface area contributed by atoms with E-state index in [1.165, 1.54) is 12.4 Å². The van der Waals surface area contributed by atoms with E-state index < -0.39 is 22.0 Å². The standard InChI is InChI=1S/C8H13N5O3S/c9-8(14)7-5-10-1-2-13(7)17(15,16)6-3-11-12-4-6/h3-4,7,10H,1-2,5H2,(H2,9,14)(H,11,12). The monoisotopic (exact) mass is 259 g/mol. The molecule has 1 atom stereocenters. The van der Waals surface area contributed by atoms with Crippen LogP contribution in [0.25, 0.3) is 0 Å². The van der Waals surface area contributed by atoms with E-state index in [1.54, 1.807) is 0 Å². The second-order valence-electron chi connectivity index (χ2n) is 3.67. The first-order chi connectivity index (χ1) is 8.03. The van der Waals surface area contributed by atoms with Gasteiger partial charge >= 0.3 is 0 Å². The molecule has 1 aromatic heterocycles. The lowest BCUT2D eigenvalue weighted by Crippen LogP contribution is -2.58. The van der Waals surface area contributed by atoms with E-state index in [0.717, 1.165) is 4.31 Å². The third-order valence-electron chi connectivity index (χ3n) is 2.60. The molecule has 9 heteroatoms. The molecule has 0 radical (unpaired) electrons. The summed E-state index contributed by atoms with van der Waals surface area (Å²) in [6.07, 6.45) is 2.48. The molecule has 4 N–H and O–H groups in total. The van der Waals surface area contributed by atoms with Gasteiger partial charge in [0.1, 0.15) is 10.9 Å². The van der Waals surface area contributed by atoms with E-state index in [1.807, 2.05) is 0 Å². The molecule has 0 spiro atoms. The lowest BCUT2D eigenvalue weighted by molar-refractivity contribution is -0.122. The molecule has 2 heterocycles. The molecule has 8 nitrogen and oxygen atoms in total. The number of aromatic nitrogens is 2. The summed E-state index contributed by atoms with van der Waals surface area (Å²) in [6, 6.07) is -0.858. The molecule has 1 aromatic rings. The Morgan fingerprint density at radius 2 is 2.35 bits per heavy atom. The maximum absolute atomic E-state index is 12.2. The van der Waals surface area contributed by atoms with Crippen LogP contribution in [0.2, 0.25) is 0 Å². The minimum absolute atomic E-state index is 0.0330. The summed E-state index contributed by atoms with van der Waals surface area (Å²) in [6.45, 7) is 0.925. The largest absolute Gasteiger partial charge is 0.368 e. The summed E-state index contributed by atoms with van der Waals surface area (Å²) in [5, 5.41) is 8.96. The third-order valence-corrected chi connectivity index (χ3v) is 4.48. The van der Waals surface area contributed by atoms with Crippen LogP contribution >= 0.6 is 0 Å². The first-order valence-electron chi connectivity index (χ1n) is 5.04. The normalized spacial score (nSPS) is 22.5. The zero-order valence-electron chi connectivity index (χ0n) is 8.96. The highest BCUT2D eigenvalue weighted by Crippen LogP contribution is 2.17. The fourth-order valence-corrected chi connectivity index (χ4v) is 3.23. The van der Waals surface area contributed by atoms with Gasteiger partial charge < -0.3 is 11.1 Å². The average Bonchev–Trinajstić information content (AvgIpc) is 2.83. The number of nitrogens with zero attached hydrogens (tertiary/aromatic N) is 2. The van der Waals surface area contributed by atoms with Gasteiger partial charge in [0.2, 0.25) is 15.9 Å². The Balaban J connectivity index is 2.34. The first kappa shape index (κ1) is 12.0. The molecule has 0 aliphatic carbocycles. The Kier molecular flexibility index (Phi) is 3.13. The molecule has 0 bridgehead atoms. The Morgan fingerprint density at radius 1 is 1.59 bits per heavy atom. The highest BCUT2D eigenvalue weighted by molar-refractivity contribution is 7.89. The van der Waals surface area contributed by atoms with Crippen molar-refractivity contribution in [1.82, 2.24) is 19.8 Å². The summed E-state index contributed by atoms with van der Waals surface area (Å²) < 4.78 is 25.5. The maximum Gasteiger partial charge on any atom is 0.247 e. The van der Waals surface area contributed by atoms with E-state index in [4.69, 9.17) is 5.73 Å². The number of hydrogen-bond acceptors (Lipinski definition) is 5. The van der Waals surface area contributed by atoms with Gasteiger partial charge in [0.15, 0.2) is 0 Å². The number of piperazine rings is 1. The SMILES string of the molecule is NC(=O)C1CNCCN1S(=O)(=O)c1cn[nH]c1. The third kappa shape index (κ3) is 2.16. The molecule has 1 aliphatic rings. The maximum atomic E-state index is 12.2. The lowest BCUT2D eigenvalue weighted by Gasteiger charge is -2.32. The van der Waals surface area contributed by atoms with Crippen LogP contribution < -0.4 is 11.1 Å². The van der Waals surface area contributed by atoms with Gasteiger partial charge in [-0.25, -0.2) is 8.42 Å². The predicted molar refractivity (Wildman–Crippen MR) is 58.3 cm³/mol. The molecule has 1 amide bonds. The fourth-order valence-electron chi connectivity index (χ4n) is 1.73. The van der Waals surface area contributed by atoms with Crippen molar-refractivity contribution >= 4 is 15.9 Å². The van der Waals surface area contributed by atoms with E-state index in [2.05, 4.69) is 15.5 Å². The van der Waals surface area contributed by atoms with Gasteiger partial charge in [0, 0.05) is 25.8 Å². The minimum atomic E-state index is -3.71. The number of carbonyl (C=O) groups excluding carboxylic acids is 1. The predicted octanol–water partition coefficient (Wildman–Crippen LogP) is -2.14. The van der Waals surface area contributed by atoms with Crippen LogP contribution in [0.1, 0.15) is 0 Å². The molecular weight excluding hydrogens is 246 g/mol. The number of sulfonamides is 1. The van der Waals surface area contributed by atoms with Crippen LogP contribution in [0, 0.1) is 0 Å². The van der Waals surface area contributed by atoms with Crippen molar-refractivity contribution in [2.24, 2.45) is 5.73 Å². The van der Waals surface area contributed by atoms with Crippen LogP contribution in [0.3, 0.4) is 0 Å². The highest BCUT2D eigenvalue weighted by atomic mass is 32.2. The summed E-state index contributed by atoms with van der Waals surface area (Å²) in [7, 11) is -3.71. The van der Waals surface area contributed by atoms with Crippen LogP contribution in [0.4, 0.5) is 0 Å². The minimum Gasteiger partial charge on any atom is -0.368 e. The summed E-state index contributed by atoms with van der Waals surface area (Å²) in [4.78, 5) is 11.3. The molecule has 94 valence electrons. The van der Waals surface area contributed by atoms with Crippen molar-refractivity contribution in [3.05, 3.63) is 12.4 Å². The van der Waals surface area contributed by atoms with Gasteiger partial charge in [-0.3, -0.25) is 9.89 Å². The van der Waals surface area contributed by atoms with Gasteiger partial charge in [0.05, 0.1) is 6.20 Å². The van der Waals surface area contributed by atoms with Gasteiger partial charge in [-0.05, 0) is 0 Å². The van der Waals surface area contributed by atoms with Crippen LogP contribution in [-0.2, 0) is 14.8 Å². The number of rotatable bonds is 3.